The molecule has 0 aliphatic heterocycles. The van der Waals surface area contributed by atoms with E-state index < -0.39 is 22.5 Å². The summed E-state index contributed by atoms with van der Waals surface area (Å²) >= 11 is -0.472. The minimum absolute atomic E-state index is 0. The van der Waals surface area contributed by atoms with Crippen molar-refractivity contribution in [3.05, 3.63) is 53.6 Å². The van der Waals surface area contributed by atoms with E-state index in [0.717, 1.165) is 22.6 Å². The third-order valence-electron chi connectivity index (χ3n) is 3.08. The van der Waals surface area contributed by atoms with E-state index >= 15 is 0 Å². The van der Waals surface area contributed by atoms with Gasteiger partial charge >= 0.3 is 41.3 Å². The van der Waals surface area contributed by atoms with Crippen LogP contribution in [-0.2, 0) is 21.3 Å². The van der Waals surface area contributed by atoms with Crippen LogP contribution in [0.5, 0.6) is 17.2 Å². The molecule has 0 aliphatic carbocycles. The van der Waals surface area contributed by atoms with Crippen molar-refractivity contribution in [1.82, 2.24) is 12.3 Å². The Bertz CT molecular complexity index is 711. The Kier molecular flexibility index (Phi) is 20.1. The van der Waals surface area contributed by atoms with E-state index in [0.29, 0.717) is 5.75 Å². The Morgan fingerprint density at radius 2 is 1.38 bits per heavy atom. The predicted octanol–water partition coefficient (Wildman–Crippen LogP) is 4.21. The van der Waals surface area contributed by atoms with E-state index in [1.54, 1.807) is 26.4 Å². The molecule has 2 aromatic rings. The molecular weight excluding hydrogens is 606 g/mol. The minimum atomic E-state index is -0.999. The van der Waals surface area contributed by atoms with Gasteiger partial charge in [0, 0.05) is 6.07 Å². The predicted molar refractivity (Wildman–Crippen MR) is 113 cm³/mol. The quantitative estimate of drug-likeness (QED) is 0.385. The van der Waals surface area contributed by atoms with Gasteiger partial charge in [0.05, 0.1) is 14.2 Å². The zero-order valence-corrected chi connectivity index (χ0v) is 19.8. The standard InChI is InChI=1S/C18H18O5.2ClH.2H3N.H2O.Pt/c1-21-16-9-14(10-17(11-16)22-2)4-3-13-5-7-15(8-6-13)23-12-18(19)20;;;;;;/h3-11H,12H2,1-2H3,(H,19,20);2*1H;2*1H3;1H2;/q;;;;;;+2/p-2/b4-3+;;;;;;. The number of carbonyl (C=O) groups is 1. The molecule has 0 atom stereocenters. The second kappa shape index (κ2) is 18.2. The van der Waals surface area contributed by atoms with Gasteiger partial charge in [-0.1, -0.05) is 24.3 Å². The zero-order chi connectivity index (χ0) is 19.4. The molecule has 29 heavy (non-hydrogen) atoms. The van der Waals surface area contributed by atoms with Gasteiger partial charge in [0.2, 0.25) is 0 Å². The van der Waals surface area contributed by atoms with Gasteiger partial charge < -0.3 is 37.1 Å². The molecule has 0 amide bonds. The first-order valence-electron chi connectivity index (χ1n) is 7.20. The third kappa shape index (κ3) is 13.1. The molecule has 0 bridgehead atoms. The van der Waals surface area contributed by atoms with Gasteiger partial charge in [-0.15, -0.1) is 0 Å². The number of benzene rings is 2. The monoisotopic (exact) mass is 631 g/mol. The van der Waals surface area contributed by atoms with Gasteiger partial charge in [-0.05, 0) is 35.4 Å². The van der Waals surface area contributed by atoms with Gasteiger partial charge in [0.15, 0.2) is 6.61 Å². The van der Waals surface area contributed by atoms with E-state index in [-0.39, 0.29) is 24.4 Å². The molecule has 2 rings (SSSR count). The second-order valence-electron chi connectivity index (χ2n) is 4.78. The summed E-state index contributed by atoms with van der Waals surface area (Å²) in [7, 11) is 13.0. The number of halogens is 2. The van der Waals surface area contributed by atoms with Gasteiger partial charge in [0.1, 0.15) is 17.2 Å². The van der Waals surface area contributed by atoms with Crippen LogP contribution in [-0.4, -0.2) is 37.4 Å². The van der Waals surface area contributed by atoms with Gasteiger partial charge in [-0.3, -0.25) is 0 Å². The SMILES string of the molecule is COc1cc(/C=C/c2ccc(OCC(=O)O)cc2)cc(OC)c1.N.N.O.[Cl][Pt][Cl]. The molecule has 0 fully saturated rings. The van der Waals surface area contributed by atoms with Gasteiger partial charge in [0.25, 0.3) is 0 Å². The summed E-state index contributed by atoms with van der Waals surface area (Å²) in [6, 6.07) is 12.8. The van der Waals surface area contributed by atoms with E-state index in [4.69, 9.17) is 38.2 Å². The molecule has 0 aromatic heterocycles. The maximum atomic E-state index is 10.4. The first-order valence-corrected chi connectivity index (χ1v) is 12.8. The van der Waals surface area contributed by atoms with Crippen LogP contribution in [0, 0.1) is 0 Å². The molecule has 0 radical (unpaired) electrons. The fourth-order valence-electron chi connectivity index (χ4n) is 1.94. The van der Waals surface area contributed by atoms with Crippen LogP contribution in [0.4, 0.5) is 0 Å². The first kappa shape index (κ1) is 31.9. The van der Waals surface area contributed by atoms with Gasteiger partial charge in [-0.25, -0.2) is 4.79 Å². The number of methoxy groups -OCH3 is 2. The average Bonchev–Trinajstić information content (AvgIpc) is 2.65. The number of aliphatic carboxylic acids is 1. The molecule has 0 aliphatic rings. The molecule has 0 unspecified atom stereocenters. The van der Waals surface area contributed by atoms with Crippen LogP contribution in [0.3, 0.4) is 0 Å². The Morgan fingerprint density at radius 3 is 1.79 bits per heavy atom. The Balaban J connectivity index is -0.00000106. The van der Waals surface area contributed by atoms with Crippen LogP contribution >= 0.6 is 18.8 Å². The topological polar surface area (TPSA) is 166 Å². The number of hydrogen-bond acceptors (Lipinski definition) is 6. The average molecular weight is 632 g/mol. The fraction of sp³-hybridized carbons (Fsp3) is 0.167. The van der Waals surface area contributed by atoms with Crippen molar-refractivity contribution < 1.29 is 46.1 Å². The summed E-state index contributed by atoms with van der Waals surface area (Å²) in [5, 5.41) is 8.57. The van der Waals surface area contributed by atoms with Crippen LogP contribution in [0.25, 0.3) is 12.2 Å². The zero-order valence-electron chi connectivity index (χ0n) is 16.0. The van der Waals surface area contributed by atoms with E-state index in [9.17, 15) is 4.79 Å². The summed E-state index contributed by atoms with van der Waals surface area (Å²) < 4.78 is 15.6. The Labute approximate surface area is 186 Å². The summed E-state index contributed by atoms with van der Waals surface area (Å²) in [6.07, 6.45) is 3.88. The molecule has 0 heterocycles. The van der Waals surface area contributed by atoms with Crippen LogP contribution in [0.15, 0.2) is 42.5 Å². The van der Waals surface area contributed by atoms with Crippen LogP contribution < -0.4 is 26.5 Å². The molecular formula is C18H26Cl2N2O6Pt. The molecule has 0 saturated heterocycles. The second-order valence-corrected chi connectivity index (χ2v) is 8.06. The van der Waals surface area contributed by atoms with Crippen molar-refractivity contribution in [2.24, 2.45) is 0 Å². The van der Waals surface area contributed by atoms with E-state index in [1.807, 2.05) is 42.5 Å². The third-order valence-corrected chi connectivity index (χ3v) is 3.08. The molecule has 168 valence electrons. The van der Waals surface area contributed by atoms with Crippen molar-refractivity contribution in [2.45, 2.75) is 0 Å². The molecule has 8 nitrogen and oxygen atoms in total. The van der Waals surface area contributed by atoms with E-state index in [1.165, 1.54) is 0 Å². The summed E-state index contributed by atoms with van der Waals surface area (Å²) in [5.74, 6) is 0.969. The molecule has 11 heteroatoms. The molecule has 0 saturated carbocycles. The van der Waals surface area contributed by atoms with Crippen molar-refractivity contribution in [2.75, 3.05) is 20.8 Å². The number of ether oxygens (including phenoxy) is 3. The number of rotatable bonds is 7. The number of carboxylic acids is 1. The molecule has 2 aromatic carbocycles. The maximum absolute atomic E-state index is 10.4. The number of carboxylic acid groups (broad SMARTS) is 1. The van der Waals surface area contributed by atoms with Crippen LogP contribution in [0.1, 0.15) is 11.1 Å². The number of hydrogen-bond donors (Lipinski definition) is 3. The van der Waals surface area contributed by atoms with Crippen molar-refractivity contribution in [1.29, 1.82) is 0 Å². The summed E-state index contributed by atoms with van der Waals surface area (Å²) in [6.45, 7) is -0.348. The van der Waals surface area contributed by atoms with E-state index in [2.05, 4.69) is 0 Å². The van der Waals surface area contributed by atoms with Gasteiger partial charge in [-0.2, -0.15) is 0 Å². The van der Waals surface area contributed by atoms with Crippen molar-refractivity contribution in [3.8, 4) is 17.2 Å². The molecule has 9 N–H and O–H groups in total. The normalized spacial score (nSPS) is 9.10. The Hall–Kier alpha value is -1.80. The summed E-state index contributed by atoms with van der Waals surface area (Å²) in [5.41, 5.74) is 1.92. The fourth-order valence-corrected chi connectivity index (χ4v) is 1.94. The first-order chi connectivity index (χ1) is 12.5. The molecule has 0 spiro atoms. The van der Waals surface area contributed by atoms with Crippen molar-refractivity contribution in [3.63, 3.8) is 0 Å². The Morgan fingerprint density at radius 1 is 0.931 bits per heavy atom. The summed E-state index contributed by atoms with van der Waals surface area (Å²) in [4.78, 5) is 10.4. The van der Waals surface area contributed by atoms with Crippen LogP contribution in [0.2, 0.25) is 0 Å². The van der Waals surface area contributed by atoms with Crippen molar-refractivity contribution >= 4 is 37.0 Å².